The highest BCUT2D eigenvalue weighted by atomic mass is 79.9. The molecule has 1 rings (SSSR count). The van der Waals surface area contributed by atoms with Crippen LogP contribution in [0.4, 0.5) is 8.78 Å². The third-order valence-corrected chi connectivity index (χ3v) is 2.89. The molecule has 0 saturated carbocycles. The zero-order valence-electron chi connectivity index (χ0n) is 8.61. The molecule has 0 saturated heterocycles. The quantitative estimate of drug-likeness (QED) is 0.759. The molecule has 1 aromatic rings. The van der Waals surface area contributed by atoms with Crippen molar-refractivity contribution in [1.82, 2.24) is 9.78 Å². The monoisotopic (exact) mass is 266 g/mol. The van der Waals surface area contributed by atoms with Crippen LogP contribution >= 0.6 is 15.9 Å². The molecule has 14 heavy (non-hydrogen) atoms. The van der Waals surface area contributed by atoms with Crippen LogP contribution in [0.15, 0.2) is 4.47 Å². The number of alkyl halides is 2. The molecular formula is C9H13BrF2N2. The zero-order valence-corrected chi connectivity index (χ0v) is 10.2. The number of rotatable bonds is 1. The highest BCUT2D eigenvalue weighted by molar-refractivity contribution is 9.10. The normalized spacial score (nSPS) is 12.6. The summed E-state index contributed by atoms with van der Waals surface area (Å²) in [5.74, 6) is 0. The molecule has 0 radical (unpaired) electrons. The predicted octanol–water partition coefficient (Wildman–Crippen LogP) is 3.65. The van der Waals surface area contributed by atoms with Gasteiger partial charge in [0.05, 0.1) is 15.7 Å². The van der Waals surface area contributed by atoms with E-state index >= 15 is 0 Å². The van der Waals surface area contributed by atoms with E-state index in [1.807, 2.05) is 20.8 Å². The summed E-state index contributed by atoms with van der Waals surface area (Å²) in [5, 5.41) is 3.90. The molecular weight excluding hydrogens is 254 g/mol. The van der Waals surface area contributed by atoms with E-state index in [0.29, 0.717) is 4.47 Å². The highest BCUT2D eigenvalue weighted by Gasteiger charge is 2.25. The fourth-order valence-corrected chi connectivity index (χ4v) is 1.72. The van der Waals surface area contributed by atoms with Crippen LogP contribution in [0.3, 0.4) is 0 Å². The van der Waals surface area contributed by atoms with Crippen molar-refractivity contribution >= 4 is 15.9 Å². The Morgan fingerprint density at radius 1 is 1.36 bits per heavy atom. The Morgan fingerprint density at radius 2 is 1.86 bits per heavy atom. The largest absolute Gasteiger partial charge is 0.283 e. The molecule has 1 heterocycles. The number of halogens is 3. The Bertz CT molecular complexity index is 339. The minimum absolute atomic E-state index is 0.183. The van der Waals surface area contributed by atoms with E-state index in [4.69, 9.17) is 0 Å². The summed E-state index contributed by atoms with van der Waals surface area (Å²) < 4.78 is 27.0. The van der Waals surface area contributed by atoms with E-state index in [1.54, 1.807) is 11.6 Å². The van der Waals surface area contributed by atoms with Crippen molar-refractivity contribution in [2.75, 3.05) is 0 Å². The Labute approximate surface area is 90.4 Å². The summed E-state index contributed by atoms with van der Waals surface area (Å²) in [4.78, 5) is 0. The van der Waals surface area contributed by atoms with E-state index in [0.717, 1.165) is 5.69 Å². The molecule has 2 nitrogen and oxygen atoms in total. The van der Waals surface area contributed by atoms with Gasteiger partial charge in [0, 0.05) is 0 Å². The molecule has 0 bridgehead atoms. The minimum atomic E-state index is -2.54. The van der Waals surface area contributed by atoms with Gasteiger partial charge < -0.3 is 0 Å². The summed E-state index contributed by atoms with van der Waals surface area (Å²) in [6.45, 7) is 7.55. The van der Waals surface area contributed by atoms with Gasteiger partial charge in [-0.15, -0.1) is 0 Å². The molecule has 0 aliphatic rings. The predicted molar refractivity (Wildman–Crippen MR) is 54.6 cm³/mol. The molecule has 0 amide bonds. The van der Waals surface area contributed by atoms with Gasteiger partial charge >= 0.3 is 0 Å². The van der Waals surface area contributed by atoms with Crippen LogP contribution in [-0.4, -0.2) is 9.78 Å². The third-order valence-electron chi connectivity index (χ3n) is 1.91. The van der Waals surface area contributed by atoms with E-state index in [1.165, 1.54) is 0 Å². The van der Waals surface area contributed by atoms with Gasteiger partial charge in [-0.3, -0.25) is 4.68 Å². The molecule has 0 N–H and O–H groups in total. The van der Waals surface area contributed by atoms with Crippen molar-refractivity contribution < 1.29 is 8.78 Å². The van der Waals surface area contributed by atoms with Gasteiger partial charge in [0.15, 0.2) is 0 Å². The summed E-state index contributed by atoms with van der Waals surface area (Å²) in [7, 11) is 0. The van der Waals surface area contributed by atoms with Crippen LogP contribution < -0.4 is 0 Å². The maximum absolute atomic E-state index is 12.5. The summed E-state index contributed by atoms with van der Waals surface area (Å²) in [6.07, 6.45) is -2.54. The lowest BCUT2D eigenvalue weighted by Crippen LogP contribution is -2.24. The topological polar surface area (TPSA) is 17.8 Å². The SMILES string of the molecule is Cc1c(Br)c(C(F)F)nn1C(C)(C)C. The van der Waals surface area contributed by atoms with Crippen molar-refractivity contribution in [1.29, 1.82) is 0 Å². The maximum Gasteiger partial charge on any atom is 0.283 e. The summed E-state index contributed by atoms with van der Waals surface area (Å²) in [5.41, 5.74) is 0.268. The highest BCUT2D eigenvalue weighted by Crippen LogP contribution is 2.31. The van der Waals surface area contributed by atoms with Gasteiger partial charge in [0.25, 0.3) is 6.43 Å². The molecule has 80 valence electrons. The van der Waals surface area contributed by atoms with Crippen molar-refractivity contribution in [2.45, 2.75) is 39.7 Å². The lowest BCUT2D eigenvalue weighted by Gasteiger charge is -2.21. The van der Waals surface area contributed by atoms with Crippen LogP contribution in [0.1, 0.15) is 38.6 Å². The number of hydrogen-bond acceptors (Lipinski definition) is 1. The first-order valence-electron chi connectivity index (χ1n) is 4.28. The van der Waals surface area contributed by atoms with Gasteiger partial charge in [-0.1, -0.05) is 0 Å². The van der Waals surface area contributed by atoms with Gasteiger partial charge in [-0.25, -0.2) is 8.78 Å². The van der Waals surface area contributed by atoms with Crippen molar-refractivity contribution in [3.8, 4) is 0 Å². The number of aromatic nitrogens is 2. The number of nitrogens with zero attached hydrogens (tertiary/aromatic N) is 2. The first-order valence-corrected chi connectivity index (χ1v) is 5.08. The molecule has 0 aliphatic heterocycles. The summed E-state index contributed by atoms with van der Waals surface area (Å²) >= 11 is 3.13. The first kappa shape index (κ1) is 11.6. The van der Waals surface area contributed by atoms with Crippen LogP contribution in [-0.2, 0) is 5.54 Å². The molecule has 0 atom stereocenters. The second-order valence-electron chi connectivity index (χ2n) is 4.17. The average Bonchev–Trinajstić information content (AvgIpc) is 2.28. The molecule has 0 unspecified atom stereocenters. The van der Waals surface area contributed by atoms with Crippen LogP contribution in [0.25, 0.3) is 0 Å². The number of hydrogen-bond donors (Lipinski definition) is 0. The van der Waals surface area contributed by atoms with Crippen LogP contribution in [0.2, 0.25) is 0 Å². The van der Waals surface area contributed by atoms with E-state index < -0.39 is 6.43 Å². The van der Waals surface area contributed by atoms with Gasteiger partial charge in [-0.05, 0) is 43.6 Å². The van der Waals surface area contributed by atoms with Crippen molar-refractivity contribution in [3.05, 3.63) is 15.9 Å². The van der Waals surface area contributed by atoms with Crippen LogP contribution in [0.5, 0.6) is 0 Å². The Hall–Kier alpha value is -0.450. The van der Waals surface area contributed by atoms with Crippen molar-refractivity contribution in [3.63, 3.8) is 0 Å². The van der Waals surface area contributed by atoms with E-state index in [9.17, 15) is 8.78 Å². The van der Waals surface area contributed by atoms with Crippen molar-refractivity contribution in [2.24, 2.45) is 0 Å². The minimum Gasteiger partial charge on any atom is -0.263 e. The maximum atomic E-state index is 12.5. The second kappa shape index (κ2) is 3.61. The van der Waals surface area contributed by atoms with Gasteiger partial charge in [0.1, 0.15) is 5.69 Å². The molecule has 0 spiro atoms. The molecule has 1 aromatic heterocycles. The average molecular weight is 267 g/mol. The summed E-state index contributed by atoms with van der Waals surface area (Å²) in [6, 6.07) is 0. The molecule has 5 heteroatoms. The van der Waals surface area contributed by atoms with E-state index in [-0.39, 0.29) is 11.2 Å². The fraction of sp³-hybridized carbons (Fsp3) is 0.667. The third kappa shape index (κ3) is 1.97. The first-order chi connectivity index (χ1) is 6.25. The lowest BCUT2D eigenvalue weighted by atomic mass is 10.1. The van der Waals surface area contributed by atoms with E-state index in [2.05, 4.69) is 21.0 Å². The fourth-order valence-electron chi connectivity index (χ4n) is 1.30. The standard InChI is InChI=1S/C9H13BrF2N2/c1-5-6(10)7(8(11)12)13-14(5)9(2,3)4/h8H,1-4H3. The van der Waals surface area contributed by atoms with Gasteiger partial charge in [0.2, 0.25) is 0 Å². The Kier molecular flexibility index (Phi) is 2.99. The van der Waals surface area contributed by atoms with Gasteiger partial charge in [-0.2, -0.15) is 5.10 Å². The Balaban J connectivity index is 3.29. The van der Waals surface area contributed by atoms with Crippen LogP contribution in [0, 0.1) is 6.92 Å². The zero-order chi connectivity index (χ0) is 11.1. The molecule has 0 fully saturated rings. The Morgan fingerprint density at radius 3 is 2.07 bits per heavy atom. The molecule has 0 aromatic carbocycles. The second-order valence-corrected chi connectivity index (χ2v) is 4.96. The lowest BCUT2D eigenvalue weighted by molar-refractivity contribution is 0.143. The smallest absolute Gasteiger partial charge is 0.263 e. The molecule has 0 aliphatic carbocycles.